The van der Waals surface area contributed by atoms with Gasteiger partial charge in [-0.3, -0.25) is 4.79 Å². The lowest BCUT2D eigenvalue weighted by Crippen LogP contribution is -2.22. The van der Waals surface area contributed by atoms with Crippen molar-refractivity contribution in [1.82, 2.24) is 9.78 Å². The van der Waals surface area contributed by atoms with Crippen LogP contribution in [0.5, 0.6) is 5.75 Å². The first-order valence-corrected chi connectivity index (χ1v) is 9.10. The van der Waals surface area contributed by atoms with Crippen molar-refractivity contribution in [3.8, 4) is 5.75 Å². The number of carbonyl (C=O) groups is 1. The maximum Gasteiger partial charge on any atom is 0.416 e. The number of hydrogen-bond donors (Lipinski definition) is 1. The maximum atomic E-state index is 12.8. The van der Waals surface area contributed by atoms with Crippen molar-refractivity contribution in [3.63, 3.8) is 0 Å². The van der Waals surface area contributed by atoms with Crippen LogP contribution in [-0.2, 0) is 17.5 Å². The summed E-state index contributed by atoms with van der Waals surface area (Å²) in [5.41, 5.74) is 1.23. The molecule has 3 aromatic rings. The van der Waals surface area contributed by atoms with E-state index in [4.69, 9.17) is 4.74 Å². The highest BCUT2D eigenvalue weighted by atomic mass is 19.4. The summed E-state index contributed by atoms with van der Waals surface area (Å²) < 4.78 is 45.1. The molecule has 3 rings (SSSR count). The molecule has 0 bridgehead atoms. The number of rotatable bonds is 7. The van der Waals surface area contributed by atoms with Crippen LogP contribution in [0.2, 0.25) is 0 Å². The van der Waals surface area contributed by atoms with E-state index in [0.29, 0.717) is 12.4 Å². The summed E-state index contributed by atoms with van der Waals surface area (Å²) in [6, 6.07) is 13.9. The number of aromatic nitrogens is 2. The third-order valence-corrected chi connectivity index (χ3v) is 4.30. The van der Waals surface area contributed by atoms with E-state index in [9.17, 15) is 18.0 Å². The lowest BCUT2D eigenvalue weighted by atomic mass is 10.2. The van der Waals surface area contributed by atoms with Gasteiger partial charge in [0.25, 0.3) is 5.91 Å². The first kappa shape index (κ1) is 21.2. The average Bonchev–Trinajstić information content (AvgIpc) is 3.13. The zero-order chi connectivity index (χ0) is 21.7. The number of anilines is 2. The van der Waals surface area contributed by atoms with Gasteiger partial charge in [0.15, 0.2) is 6.61 Å². The Kier molecular flexibility index (Phi) is 6.29. The maximum absolute atomic E-state index is 12.8. The summed E-state index contributed by atoms with van der Waals surface area (Å²) in [6.45, 7) is 0.0226. The molecule has 9 heteroatoms. The van der Waals surface area contributed by atoms with Crippen molar-refractivity contribution in [2.75, 3.05) is 30.9 Å². The molecule has 1 N–H and O–H groups in total. The van der Waals surface area contributed by atoms with E-state index in [1.807, 2.05) is 43.3 Å². The molecule has 1 amide bonds. The van der Waals surface area contributed by atoms with Crippen LogP contribution in [0, 0.1) is 0 Å². The van der Waals surface area contributed by atoms with Gasteiger partial charge in [-0.05, 0) is 35.9 Å². The van der Waals surface area contributed by atoms with Gasteiger partial charge in [-0.25, -0.2) is 4.68 Å². The molecule has 0 fully saturated rings. The van der Waals surface area contributed by atoms with Gasteiger partial charge >= 0.3 is 6.18 Å². The highest BCUT2D eigenvalue weighted by Crippen LogP contribution is 2.31. The molecule has 0 saturated carbocycles. The smallest absolute Gasteiger partial charge is 0.416 e. The SMILES string of the molecule is CN(C)c1ccc(Cn2nccc2NC(=O)COc2cccc(C(F)(F)F)c2)cc1. The molecule has 30 heavy (non-hydrogen) atoms. The van der Waals surface area contributed by atoms with Crippen LogP contribution in [0.4, 0.5) is 24.7 Å². The first-order valence-electron chi connectivity index (χ1n) is 9.10. The minimum atomic E-state index is -4.47. The first-order chi connectivity index (χ1) is 14.2. The Morgan fingerprint density at radius 1 is 1.13 bits per heavy atom. The second-order valence-corrected chi connectivity index (χ2v) is 6.80. The fourth-order valence-corrected chi connectivity index (χ4v) is 2.73. The van der Waals surface area contributed by atoms with Gasteiger partial charge in [-0.1, -0.05) is 18.2 Å². The van der Waals surface area contributed by atoms with Crippen molar-refractivity contribution >= 4 is 17.4 Å². The van der Waals surface area contributed by atoms with Crippen molar-refractivity contribution in [2.45, 2.75) is 12.7 Å². The van der Waals surface area contributed by atoms with Gasteiger partial charge < -0.3 is 15.0 Å². The van der Waals surface area contributed by atoms with E-state index in [0.717, 1.165) is 23.4 Å². The molecule has 6 nitrogen and oxygen atoms in total. The zero-order valence-corrected chi connectivity index (χ0v) is 16.5. The van der Waals surface area contributed by atoms with E-state index < -0.39 is 24.3 Å². The Hall–Kier alpha value is -3.49. The second-order valence-electron chi connectivity index (χ2n) is 6.80. The molecule has 0 aliphatic rings. The molecule has 1 aromatic heterocycles. The van der Waals surface area contributed by atoms with Gasteiger partial charge in [0, 0.05) is 25.8 Å². The monoisotopic (exact) mass is 418 g/mol. The van der Waals surface area contributed by atoms with Crippen LogP contribution >= 0.6 is 0 Å². The molecular weight excluding hydrogens is 397 g/mol. The predicted molar refractivity (Wildman–Crippen MR) is 108 cm³/mol. The molecule has 0 atom stereocenters. The minimum absolute atomic E-state index is 0.0329. The van der Waals surface area contributed by atoms with Gasteiger partial charge in [0.2, 0.25) is 0 Å². The van der Waals surface area contributed by atoms with Gasteiger partial charge in [-0.15, -0.1) is 0 Å². The molecule has 0 aliphatic carbocycles. The Bertz CT molecular complexity index is 998. The Morgan fingerprint density at radius 3 is 2.53 bits per heavy atom. The standard InChI is InChI=1S/C21H21F3N4O2/c1-27(2)17-8-6-15(7-9-17)13-28-19(10-11-25-28)26-20(29)14-30-18-5-3-4-16(12-18)21(22,23)24/h3-12H,13-14H2,1-2H3,(H,26,29). The Morgan fingerprint density at radius 2 is 1.87 bits per heavy atom. The fourth-order valence-electron chi connectivity index (χ4n) is 2.73. The quantitative estimate of drug-likeness (QED) is 0.629. The predicted octanol–water partition coefficient (Wildman–Crippen LogP) is 4.03. The largest absolute Gasteiger partial charge is 0.484 e. The van der Waals surface area contributed by atoms with Crippen molar-refractivity contribution in [3.05, 3.63) is 71.9 Å². The van der Waals surface area contributed by atoms with Crippen molar-refractivity contribution < 1.29 is 22.7 Å². The lowest BCUT2D eigenvalue weighted by Gasteiger charge is -2.14. The van der Waals surface area contributed by atoms with Crippen LogP contribution in [0.3, 0.4) is 0 Å². The average molecular weight is 418 g/mol. The van der Waals surface area contributed by atoms with E-state index in [-0.39, 0.29) is 5.75 Å². The fraction of sp³-hybridized carbons (Fsp3) is 0.238. The molecular formula is C21H21F3N4O2. The molecule has 0 unspecified atom stereocenters. The Balaban J connectivity index is 1.58. The number of alkyl halides is 3. The molecule has 0 aliphatic heterocycles. The number of carbonyl (C=O) groups excluding carboxylic acids is 1. The minimum Gasteiger partial charge on any atom is -0.484 e. The van der Waals surface area contributed by atoms with Gasteiger partial charge in [0.1, 0.15) is 11.6 Å². The van der Waals surface area contributed by atoms with Gasteiger partial charge in [0.05, 0.1) is 18.3 Å². The lowest BCUT2D eigenvalue weighted by molar-refractivity contribution is -0.137. The highest BCUT2D eigenvalue weighted by Gasteiger charge is 2.30. The normalized spacial score (nSPS) is 11.2. The van der Waals surface area contributed by atoms with Crippen LogP contribution < -0.4 is 15.0 Å². The zero-order valence-electron chi connectivity index (χ0n) is 16.5. The number of amides is 1. The summed E-state index contributed by atoms with van der Waals surface area (Å²) in [7, 11) is 3.91. The third kappa shape index (κ3) is 5.53. The molecule has 2 aromatic carbocycles. The number of halogens is 3. The van der Waals surface area contributed by atoms with E-state index in [1.165, 1.54) is 12.1 Å². The number of benzene rings is 2. The van der Waals surface area contributed by atoms with Gasteiger partial charge in [-0.2, -0.15) is 18.3 Å². The van der Waals surface area contributed by atoms with Crippen LogP contribution in [0.25, 0.3) is 0 Å². The highest BCUT2D eigenvalue weighted by molar-refractivity contribution is 5.91. The van der Waals surface area contributed by atoms with Crippen LogP contribution in [-0.4, -0.2) is 36.4 Å². The molecule has 0 spiro atoms. The van der Waals surface area contributed by atoms with Crippen molar-refractivity contribution in [2.24, 2.45) is 0 Å². The molecule has 1 heterocycles. The Labute approximate surface area is 171 Å². The molecule has 0 radical (unpaired) electrons. The summed E-state index contributed by atoms with van der Waals surface area (Å²) in [6.07, 6.45) is -2.92. The van der Waals surface area contributed by atoms with E-state index in [1.54, 1.807) is 16.9 Å². The molecule has 158 valence electrons. The second kappa shape index (κ2) is 8.89. The number of nitrogens with zero attached hydrogens (tertiary/aromatic N) is 3. The molecule has 0 saturated heterocycles. The topological polar surface area (TPSA) is 59.4 Å². The number of ether oxygens (including phenoxy) is 1. The van der Waals surface area contributed by atoms with Crippen molar-refractivity contribution in [1.29, 1.82) is 0 Å². The summed E-state index contributed by atoms with van der Waals surface area (Å²) in [4.78, 5) is 14.2. The van der Waals surface area contributed by atoms with E-state index >= 15 is 0 Å². The van der Waals surface area contributed by atoms with Crippen LogP contribution in [0.15, 0.2) is 60.8 Å². The van der Waals surface area contributed by atoms with Crippen LogP contribution in [0.1, 0.15) is 11.1 Å². The number of hydrogen-bond acceptors (Lipinski definition) is 4. The third-order valence-electron chi connectivity index (χ3n) is 4.30. The number of nitrogens with one attached hydrogen (secondary N) is 1. The van der Waals surface area contributed by atoms with E-state index in [2.05, 4.69) is 10.4 Å². The summed E-state index contributed by atoms with van der Waals surface area (Å²) in [5.74, 6) is -0.0732. The summed E-state index contributed by atoms with van der Waals surface area (Å²) in [5, 5.41) is 6.87. The summed E-state index contributed by atoms with van der Waals surface area (Å²) >= 11 is 0.